The predicted molar refractivity (Wildman–Crippen MR) is 158 cm³/mol. The van der Waals surface area contributed by atoms with Gasteiger partial charge in [0.25, 0.3) is 17.7 Å². The third-order valence-electron chi connectivity index (χ3n) is 7.77. The van der Waals surface area contributed by atoms with Crippen LogP contribution in [0.4, 0.5) is 0 Å². The molecule has 1 fully saturated rings. The molecule has 11 heteroatoms. The quantitative estimate of drug-likeness (QED) is 0.380. The van der Waals surface area contributed by atoms with E-state index in [1.807, 2.05) is 48.1 Å². The highest BCUT2D eigenvalue weighted by Gasteiger charge is 2.39. The average Bonchev–Trinajstić information content (AvgIpc) is 3.58. The van der Waals surface area contributed by atoms with Crippen LogP contribution in [0.2, 0.25) is 0 Å². The number of benzene rings is 3. The molecule has 0 aliphatic carbocycles. The van der Waals surface area contributed by atoms with E-state index >= 15 is 0 Å². The molecule has 0 spiro atoms. The molecule has 3 aromatic carbocycles. The maximum Gasteiger partial charge on any atom is 0.258 e. The van der Waals surface area contributed by atoms with Crippen LogP contribution in [0.25, 0.3) is 10.9 Å². The lowest BCUT2D eigenvalue weighted by Crippen LogP contribution is -2.45. The summed E-state index contributed by atoms with van der Waals surface area (Å²) in [7, 11) is 4.93. The molecule has 7 rings (SSSR count). The normalized spacial score (nSPS) is 18.6. The lowest BCUT2D eigenvalue weighted by atomic mass is 10.1. The van der Waals surface area contributed by atoms with Crippen molar-refractivity contribution >= 4 is 28.6 Å². The largest absolute Gasteiger partial charge is 0.497 e. The summed E-state index contributed by atoms with van der Waals surface area (Å²) in [6.45, 7) is 0.446. The molecular weight excluding hydrogens is 552 g/mol. The van der Waals surface area contributed by atoms with Crippen LogP contribution < -0.4 is 29.6 Å². The second-order valence-corrected chi connectivity index (χ2v) is 10.6. The summed E-state index contributed by atoms with van der Waals surface area (Å²) in [5, 5.41) is 6.73. The SMILES string of the molecule is COc1cc2cc(c1)C(=O)N[C@H]1CN(C(=O)c3cn(C)c4ccccc34)C[C@@H]1Oc1ccc(c(OC)c1)CNC(=O)CO2. The molecule has 3 aliphatic heterocycles. The fraction of sp³-hybridized carbons (Fsp3) is 0.281. The molecule has 2 N–H and O–H groups in total. The van der Waals surface area contributed by atoms with Gasteiger partial charge in [-0.15, -0.1) is 0 Å². The van der Waals surface area contributed by atoms with E-state index in [9.17, 15) is 14.4 Å². The fourth-order valence-electron chi connectivity index (χ4n) is 5.55. The molecule has 3 aliphatic rings. The number of carbonyl (C=O) groups excluding carboxylic acids is 3. The molecule has 0 unspecified atom stereocenters. The van der Waals surface area contributed by atoms with Crippen LogP contribution in [-0.2, 0) is 18.4 Å². The number of methoxy groups -OCH3 is 2. The van der Waals surface area contributed by atoms with Crippen molar-refractivity contribution in [1.29, 1.82) is 0 Å². The summed E-state index contributed by atoms with van der Waals surface area (Å²) in [6, 6.07) is 17.3. The van der Waals surface area contributed by atoms with Crippen molar-refractivity contribution in [1.82, 2.24) is 20.1 Å². The average molecular weight is 585 g/mol. The number of nitrogens with zero attached hydrogens (tertiary/aromatic N) is 2. The van der Waals surface area contributed by atoms with Gasteiger partial charge in [0.15, 0.2) is 6.61 Å². The maximum absolute atomic E-state index is 13.8. The Labute approximate surface area is 248 Å². The number of fused-ring (bicyclic) bond motifs is 8. The summed E-state index contributed by atoms with van der Waals surface area (Å²) in [5.74, 6) is 0.848. The van der Waals surface area contributed by atoms with Crippen LogP contribution in [0.1, 0.15) is 26.3 Å². The van der Waals surface area contributed by atoms with Gasteiger partial charge in [-0.1, -0.05) is 18.2 Å². The van der Waals surface area contributed by atoms with Crippen molar-refractivity contribution in [3.63, 3.8) is 0 Å². The summed E-state index contributed by atoms with van der Waals surface area (Å²) in [4.78, 5) is 41.6. The number of aromatic nitrogens is 1. The first-order valence-corrected chi connectivity index (χ1v) is 13.9. The summed E-state index contributed by atoms with van der Waals surface area (Å²) < 4.78 is 25.0. The van der Waals surface area contributed by atoms with E-state index in [1.165, 1.54) is 7.11 Å². The van der Waals surface area contributed by atoms with Gasteiger partial charge >= 0.3 is 0 Å². The molecular formula is C32H32N4O7. The number of rotatable bonds is 3. The van der Waals surface area contributed by atoms with Crippen LogP contribution in [-0.4, -0.2) is 73.3 Å². The Morgan fingerprint density at radius 1 is 0.977 bits per heavy atom. The number of aryl methyl sites for hydroxylation is 1. The molecule has 1 aromatic heterocycles. The maximum atomic E-state index is 13.8. The van der Waals surface area contributed by atoms with Gasteiger partial charge in [0.2, 0.25) is 0 Å². The van der Waals surface area contributed by atoms with E-state index in [4.69, 9.17) is 18.9 Å². The van der Waals surface area contributed by atoms with Crippen LogP contribution in [0.5, 0.6) is 23.0 Å². The van der Waals surface area contributed by atoms with Gasteiger partial charge in [-0.3, -0.25) is 14.4 Å². The smallest absolute Gasteiger partial charge is 0.258 e. The van der Waals surface area contributed by atoms with Gasteiger partial charge in [0.1, 0.15) is 29.1 Å². The van der Waals surface area contributed by atoms with Crippen molar-refractivity contribution in [3.05, 3.63) is 83.6 Å². The van der Waals surface area contributed by atoms with Crippen molar-refractivity contribution in [2.24, 2.45) is 7.05 Å². The highest BCUT2D eigenvalue weighted by atomic mass is 16.5. The van der Waals surface area contributed by atoms with Crippen molar-refractivity contribution in [2.75, 3.05) is 33.9 Å². The van der Waals surface area contributed by atoms with Gasteiger partial charge < -0.3 is 39.0 Å². The van der Waals surface area contributed by atoms with Crippen LogP contribution in [0.15, 0.2) is 66.9 Å². The van der Waals surface area contributed by atoms with E-state index in [0.29, 0.717) is 28.6 Å². The number of carbonyl (C=O) groups is 3. The minimum Gasteiger partial charge on any atom is -0.497 e. The van der Waals surface area contributed by atoms with E-state index < -0.39 is 18.1 Å². The molecule has 3 amide bonds. The highest BCUT2D eigenvalue weighted by molar-refractivity contribution is 6.07. The number of hydrogen-bond acceptors (Lipinski definition) is 7. The number of nitrogens with one attached hydrogen (secondary N) is 2. The van der Waals surface area contributed by atoms with Crippen molar-refractivity contribution in [3.8, 4) is 23.0 Å². The predicted octanol–water partition coefficient (Wildman–Crippen LogP) is 2.91. The summed E-state index contributed by atoms with van der Waals surface area (Å²) in [5.41, 5.74) is 2.57. The molecule has 0 radical (unpaired) electrons. The summed E-state index contributed by atoms with van der Waals surface area (Å²) in [6.07, 6.45) is 1.27. The van der Waals surface area contributed by atoms with Crippen LogP contribution in [0.3, 0.4) is 0 Å². The van der Waals surface area contributed by atoms with E-state index in [0.717, 1.165) is 16.5 Å². The Kier molecular flexibility index (Phi) is 7.54. The van der Waals surface area contributed by atoms with Gasteiger partial charge in [0.05, 0.1) is 32.4 Å². The Morgan fingerprint density at radius 3 is 2.63 bits per heavy atom. The molecule has 1 saturated heterocycles. The first-order chi connectivity index (χ1) is 20.8. The number of para-hydroxylation sites is 1. The summed E-state index contributed by atoms with van der Waals surface area (Å²) >= 11 is 0. The molecule has 0 saturated carbocycles. The lowest BCUT2D eigenvalue weighted by Gasteiger charge is -2.22. The zero-order valence-electron chi connectivity index (χ0n) is 24.1. The van der Waals surface area contributed by atoms with Gasteiger partial charge in [-0.05, 0) is 30.3 Å². The fourth-order valence-corrected chi connectivity index (χ4v) is 5.55. The standard InChI is InChI=1S/C32H32N4O7/c1-35-15-25(24-6-4-5-7-27(24)35)32(39)36-16-26-29(17-36)43-21-9-8-19(28(13-21)41-3)14-33-30(37)18-42-23-11-20(31(38)34-26)10-22(12-23)40-2/h4-13,15,26,29H,14,16-18H2,1-3H3,(H,33,37)(H,34,38)/t26-,29-/m0/s1. The highest BCUT2D eigenvalue weighted by Crippen LogP contribution is 2.30. The molecule has 4 bridgehead atoms. The Bertz CT molecular complexity index is 1720. The second-order valence-electron chi connectivity index (χ2n) is 10.6. The number of likely N-dealkylation sites (tertiary alicyclic amines) is 1. The lowest BCUT2D eigenvalue weighted by molar-refractivity contribution is -0.123. The molecule has 43 heavy (non-hydrogen) atoms. The molecule has 222 valence electrons. The molecule has 4 heterocycles. The molecule has 4 aromatic rings. The third-order valence-corrected chi connectivity index (χ3v) is 7.77. The van der Waals surface area contributed by atoms with Crippen molar-refractivity contribution in [2.45, 2.75) is 18.7 Å². The monoisotopic (exact) mass is 584 g/mol. The first-order valence-electron chi connectivity index (χ1n) is 13.9. The van der Waals surface area contributed by atoms with E-state index in [2.05, 4.69) is 10.6 Å². The van der Waals surface area contributed by atoms with Gasteiger partial charge in [-0.2, -0.15) is 0 Å². The van der Waals surface area contributed by atoms with Gasteiger partial charge in [0, 0.05) is 60.5 Å². The minimum atomic E-state index is -0.560. The zero-order chi connectivity index (χ0) is 30.1. The second kappa shape index (κ2) is 11.6. The minimum absolute atomic E-state index is 0.148. The Morgan fingerprint density at radius 2 is 1.81 bits per heavy atom. The number of ether oxygens (including phenoxy) is 4. The number of hydrogen-bond donors (Lipinski definition) is 2. The van der Waals surface area contributed by atoms with Gasteiger partial charge in [-0.25, -0.2) is 0 Å². The Balaban J connectivity index is 1.35. The zero-order valence-corrected chi connectivity index (χ0v) is 24.1. The van der Waals surface area contributed by atoms with E-state index in [1.54, 1.807) is 42.3 Å². The van der Waals surface area contributed by atoms with E-state index in [-0.39, 0.29) is 43.6 Å². The topological polar surface area (TPSA) is 120 Å². The number of amides is 3. The van der Waals surface area contributed by atoms with Crippen LogP contribution in [0, 0.1) is 0 Å². The van der Waals surface area contributed by atoms with Crippen LogP contribution >= 0.6 is 0 Å². The Hall–Kier alpha value is -5.19. The first kappa shape index (κ1) is 28.0. The van der Waals surface area contributed by atoms with Crippen molar-refractivity contribution < 1.29 is 33.3 Å². The molecule has 11 nitrogen and oxygen atoms in total. The molecule has 2 atom stereocenters. The third kappa shape index (κ3) is 5.66.